The minimum atomic E-state index is -1.40. The highest BCUT2D eigenvalue weighted by Crippen LogP contribution is 2.77. The number of rotatable bonds is 5. The molecule has 8 nitrogen and oxygen atoms in total. The summed E-state index contributed by atoms with van der Waals surface area (Å²) in [4.78, 5) is 39.0. The van der Waals surface area contributed by atoms with Gasteiger partial charge in [0.2, 0.25) is 11.5 Å². The van der Waals surface area contributed by atoms with E-state index in [1.165, 1.54) is 30.2 Å². The molecular weight excluding hydrogens is 548 g/mol. The number of esters is 2. The molecule has 1 aliphatic heterocycles. The molecule has 214 valence electrons. The van der Waals surface area contributed by atoms with Crippen LogP contribution in [0.15, 0.2) is 80.7 Å². The summed E-state index contributed by atoms with van der Waals surface area (Å²) >= 11 is 6.45. The monoisotopic (exact) mass is 578 g/mol. The van der Waals surface area contributed by atoms with Gasteiger partial charge < -0.3 is 23.0 Å². The molecule has 3 saturated carbocycles. The summed E-state index contributed by atoms with van der Waals surface area (Å²) in [6.45, 7) is 6.28. The van der Waals surface area contributed by atoms with Crippen LogP contribution in [0.25, 0.3) is 0 Å². The maximum atomic E-state index is 13.6. The van der Waals surface area contributed by atoms with Gasteiger partial charge in [-0.3, -0.25) is 4.79 Å². The van der Waals surface area contributed by atoms with E-state index in [0.717, 1.165) is 18.4 Å². The van der Waals surface area contributed by atoms with E-state index in [2.05, 4.69) is 13.8 Å². The Morgan fingerprint density at radius 2 is 1.78 bits per heavy atom. The molecule has 8 atom stereocenters. The first-order valence-corrected chi connectivity index (χ1v) is 14.5. The van der Waals surface area contributed by atoms with Gasteiger partial charge >= 0.3 is 11.9 Å². The number of halogens is 1. The number of furan rings is 2. The average molecular weight is 579 g/mol. The molecule has 0 N–H and O–H groups in total. The first kappa shape index (κ1) is 26.5. The highest BCUT2D eigenvalue weighted by atomic mass is 35.5. The molecule has 0 unspecified atom stereocenters. The van der Waals surface area contributed by atoms with Crippen LogP contribution >= 0.6 is 11.6 Å². The van der Waals surface area contributed by atoms with Crippen molar-refractivity contribution in [3.63, 3.8) is 0 Å². The highest BCUT2D eigenvalue weighted by Gasteiger charge is 2.82. The molecule has 9 heteroatoms. The summed E-state index contributed by atoms with van der Waals surface area (Å²) in [6, 6.07) is 6.25. The standard InChI is InChI=1S/C32H31ClO8/c1-18-14-22-21-9-8-19-15-20(34)10-11-29(19,2)32(21)25(40-32)16-30(22,3)31(18,41-28(36)24-7-5-13-38-24)26(17-33)39-27(35)23-6-4-12-37-23/h4-7,10-13,15,17-18,21-22,25H,8-9,14,16H2,1-3H3/b26-17-/t18-,21+,22+,25+,29+,30+,31+,32-/m1/s1. The van der Waals surface area contributed by atoms with Crippen LogP contribution in [0.2, 0.25) is 0 Å². The van der Waals surface area contributed by atoms with Crippen LogP contribution in [-0.2, 0) is 19.0 Å². The molecular formula is C32H31ClO8. The van der Waals surface area contributed by atoms with Crippen LogP contribution in [0.3, 0.4) is 0 Å². The fraction of sp³-hybridized carbons (Fsp3) is 0.469. The number of allylic oxidation sites excluding steroid dienone is 2. The Morgan fingerprint density at radius 1 is 1.07 bits per heavy atom. The molecule has 7 rings (SSSR count). The highest BCUT2D eigenvalue weighted by molar-refractivity contribution is 6.25. The van der Waals surface area contributed by atoms with Crippen LogP contribution in [0, 0.1) is 28.6 Å². The lowest BCUT2D eigenvalue weighted by Crippen LogP contribution is -2.61. The Hall–Kier alpha value is -3.36. The molecule has 1 saturated heterocycles. The van der Waals surface area contributed by atoms with Crippen molar-refractivity contribution >= 4 is 29.3 Å². The summed E-state index contributed by atoms with van der Waals surface area (Å²) in [5, 5.41) is 0. The van der Waals surface area contributed by atoms with E-state index in [0.29, 0.717) is 12.8 Å². The largest absolute Gasteiger partial charge is 0.457 e. The maximum absolute atomic E-state index is 13.6. The number of ether oxygens (including phenoxy) is 3. The third-order valence-electron chi connectivity index (χ3n) is 10.8. The number of carbonyl (C=O) groups is 3. The molecule has 2 aromatic rings. The van der Waals surface area contributed by atoms with Gasteiger partial charge in [0, 0.05) is 22.3 Å². The van der Waals surface area contributed by atoms with Crippen molar-refractivity contribution in [2.24, 2.45) is 28.6 Å². The van der Waals surface area contributed by atoms with Gasteiger partial charge in [-0.2, -0.15) is 0 Å². The minimum absolute atomic E-state index is 0.00669. The SMILES string of the molecule is C[C@@H]1C[C@H]2[C@@H]3CCC4=CC(=O)C=C[C@]4(C)[C@@]34O[C@H]4C[C@]2(C)[C@@]1(OC(=O)c1ccco1)/C(=C/Cl)OC(=O)c1ccco1. The Bertz CT molecular complexity index is 1520. The van der Waals surface area contributed by atoms with Crippen LogP contribution in [0.5, 0.6) is 0 Å². The molecule has 4 fully saturated rings. The van der Waals surface area contributed by atoms with E-state index in [9.17, 15) is 14.4 Å². The maximum Gasteiger partial charge on any atom is 0.379 e. The van der Waals surface area contributed by atoms with Gasteiger partial charge in [0.05, 0.1) is 18.6 Å². The summed E-state index contributed by atoms with van der Waals surface area (Å²) < 4.78 is 29.8. The topological polar surface area (TPSA) is 108 Å². The number of ketones is 1. The molecule has 41 heavy (non-hydrogen) atoms. The van der Waals surface area contributed by atoms with Gasteiger partial charge in [-0.25, -0.2) is 9.59 Å². The second kappa shape index (κ2) is 8.82. The smallest absolute Gasteiger partial charge is 0.379 e. The molecule has 0 amide bonds. The lowest BCUT2D eigenvalue weighted by Gasteiger charge is -2.56. The average Bonchev–Trinajstić information content (AvgIpc) is 3.37. The van der Waals surface area contributed by atoms with Crippen LogP contribution < -0.4 is 0 Å². The Morgan fingerprint density at radius 3 is 2.44 bits per heavy atom. The lowest BCUT2D eigenvalue weighted by atomic mass is 9.47. The van der Waals surface area contributed by atoms with Crippen LogP contribution in [-0.4, -0.2) is 35.0 Å². The first-order valence-electron chi connectivity index (χ1n) is 14.1. The molecule has 3 heterocycles. The predicted octanol–water partition coefficient (Wildman–Crippen LogP) is 6.39. The predicted molar refractivity (Wildman–Crippen MR) is 146 cm³/mol. The summed E-state index contributed by atoms with van der Waals surface area (Å²) in [7, 11) is 0. The van der Waals surface area contributed by atoms with E-state index in [4.69, 9.17) is 34.6 Å². The normalized spacial score (nSPS) is 40.5. The van der Waals surface area contributed by atoms with E-state index in [1.807, 2.05) is 13.0 Å². The van der Waals surface area contributed by atoms with Gasteiger partial charge in [0.25, 0.3) is 0 Å². The lowest BCUT2D eigenvalue weighted by molar-refractivity contribution is -0.126. The van der Waals surface area contributed by atoms with Gasteiger partial charge in [-0.15, -0.1) is 0 Å². The zero-order valence-corrected chi connectivity index (χ0v) is 23.8. The van der Waals surface area contributed by atoms with E-state index in [-0.39, 0.29) is 46.9 Å². The van der Waals surface area contributed by atoms with Crippen LogP contribution in [0.1, 0.15) is 67.6 Å². The summed E-state index contributed by atoms with van der Waals surface area (Å²) in [5.41, 5.74) is -0.642. The van der Waals surface area contributed by atoms with Gasteiger partial charge in [-0.05, 0) is 80.9 Å². The van der Waals surface area contributed by atoms with Crippen LogP contribution in [0.4, 0.5) is 0 Å². The number of hydrogen-bond donors (Lipinski definition) is 0. The Balaban J connectivity index is 1.32. The Labute approximate surface area is 242 Å². The number of hydrogen-bond acceptors (Lipinski definition) is 8. The molecule has 0 bridgehead atoms. The molecule has 0 aromatic carbocycles. The number of fused-ring (bicyclic) bond motifs is 3. The number of epoxide rings is 1. The molecule has 2 aromatic heterocycles. The quantitative estimate of drug-likeness (QED) is 0.228. The van der Waals surface area contributed by atoms with E-state index >= 15 is 0 Å². The van der Waals surface area contributed by atoms with E-state index in [1.54, 1.807) is 24.3 Å². The van der Waals surface area contributed by atoms with E-state index < -0.39 is 34.0 Å². The van der Waals surface area contributed by atoms with Crippen molar-refractivity contribution in [1.29, 1.82) is 0 Å². The summed E-state index contributed by atoms with van der Waals surface area (Å²) in [5.74, 6) is -1.40. The second-order valence-electron chi connectivity index (χ2n) is 12.5. The second-order valence-corrected chi connectivity index (χ2v) is 12.7. The first-order chi connectivity index (χ1) is 19.6. The van der Waals surface area contributed by atoms with Crippen molar-refractivity contribution in [1.82, 2.24) is 0 Å². The van der Waals surface area contributed by atoms with Gasteiger partial charge in [0.1, 0.15) is 5.60 Å². The number of carbonyl (C=O) groups excluding carboxylic acids is 3. The zero-order chi connectivity index (χ0) is 28.8. The van der Waals surface area contributed by atoms with Crippen molar-refractivity contribution in [2.75, 3.05) is 0 Å². The van der Waals surface area contributed by atoms with Gasteiger partial charge in [-0.1, -0.05) is 37.1 Å². The summed E-state index contributed by atoms with van der Waals surface area (Å²) in [6.07, 6.45) is 10.9. The third-order valence-corrected chi connectivity index (χ3v) is 11.0. The fourth-order valence-electron chi connectivity index (χ4n) is 9.08. The van der Waals surface area contributed by atoms with Crippen molar-refractivity contribution in [2.45, 2.75) is 63.8 Å². The minimum Gasteiger partial charge on any atom is -0.457 e. The van der Waals surface area contributed by atoms with Gasteiger partial charge in [0.15, 0.2) is 17.1 Å². The molecule has 4 aliphatic carbocycles. The molecule has 1 spiro atoms. The molecule has 5 aliphatic rings. The fourth-order valence-corrected chi connectivity index (χ4v) is 9.28. The third kappa shape index (κ3) is 3.35. The van der Waals surface area contributed by atoms with Crippen molar-refractivity contribution < 1.29 is 37.4 Å². The zero-order valence-electron chi connectivity index (χ0n) is 23.1. The Kier molecular flexibility index (Phi) is 5.71. The van der Waals surface area contributed by atoms with Crippen molar-refractivity contribution in [3.8, 4) is 0 Å². The van der Waals surface area contributed by atoms with Crippen molar-refractivity contribution in [3.05, 3.63) is 83.4 Å². The molecule has 0 radical (unpaired) electrons.